The van der Waals surface area contributed by atoms with E-state index in [1.54, 1.807) is 6.92 Å². The number of hydrogen-bond acceptors (Lipinski definition) is 5. The van der Waals surface area contributed by atoms with Crippen molar-refractivity contribution in [3.8, 4) is 5.75 Å². The Labute approximate surface area is 163 Å². The first-order valence-corrected chi connectivity index (χ1v) is 9.11. The molecule has 2 rings (SSSR count). The van der Waals surface area contributed by atoms with Crippen molar-refractivity contribution in [1.29, 1.82) is 0 Å². The Morgan fingerprint density at radius 3 is 2.64 bits per heavy atom. The zero-order valence-corrected chi connectivity index (χ0v) is 16.6. The highest BCUT2D eigenvalue weighted by Gasteiger charge is 2.32. The normalized spacial score (nSPS) is 13.0. The first-order chi connectivity index (χ1) is 13.3. The van der Waals surface area contributed by atoms with Gasteiger partial charge in [-0.15, -0.1) is 0 Å². The van der Waals surface area contributed by atoms with Gasteiger partial charge in [0, 0.05) is 24.1 Å². The number of hydrogen-bond donors (Lipinski definition) is 3. The number of carboxylic acids is 1. The third-order valence-electron chi connectivity index (χ3n) is 4.64. The molecule has 0 fully saturated rings. The third kappa shape index (κ3) is 4.62. The smallest absolute Gasteiger partial charge is 0.341 e. The van der Waals surface area contributed by atoms with Crippen LogP contribution in [0.1, 0.15) is 53.7 Å². The molecule has 0 unspecified atom stereocenters. The molecule has 0 bridgehead atoms. The molecule has 0 aliphatic carbocycles. The molecule has 8 heteroatoms. The van der Waals surface area contributed by atoms with Gasteiger partial charge in [-0.05, 0) is 39.2 Å². The molecular formula is C20H26N2O6. The van der Waals surface area contributed by atoms with Crippen LogP contribution in [0.15, 0.2) is 11.6 Å². The van der Waals surface area contributed by atoms with Crippen molar-refractivity contribution in [3.05, 3.63) is 33.9 Å². The maximum absolute atomic E-state index is 12.3. The predicted octanol–water partition coefficient (Wildman–Crippen LogP) is 3.17. The Morgan fingerprint density at radius 1 is 1.32 bits per heavy atom. The van der Waals surface area contributed by atoms with E-state index in [9.17, 15) is 14.4 Å². The van der Waals surface area contributed by atoms with Crippen LogP contribution in [0.5, 0.6) is 5.75 Å². The van der Waals surface area contributed by atoms with Crippen LogP contribution >= 0.6 is 0 Å². The van der Waals surface area contributed by atoms with E-state index in [0.29, 0.717) is 47.5 Å². The molecule has 0 atom stereocenters. The van der Waals surface area contributed by atoms with Crippen LogP contribution in [0, 0.1) is 6.92 Å². The summed E-state index contributed by atoms with van der Waals surface area (Å²) >= 11 is 0. The first kappa shape index (κ1) is 21.3. The van der Waals surface area contributed by atoms with Gasteiger partial charge in [-0.2, -0.15) is 0 Å². The lowest BCUT2D eigenvalue weighted by atomic mass is 9.93. The van der Waals surface area contributed by atoms with E-state index in [4.69, 9.17) is 14.6 Å². The number of benzene rings is 1. The summed E-state index contributed by atoms with van der Waals surface area (Å²) in [4.78, 5) is 35.3. The minimum atomic E-state index is -0.861. The minimum Gasteiger partial charge on any atom is -0.496 e. The van der Waals surface area contributed by atoms with E-state index in [-0.39, 0.29) is 13.0 Å². The van der Waals surface area contributed by atoms with Gasteiger partial charge in [0.1, 0.15) is 12.4 Å². The molecule has 1 heterocycles. The number of ether oxygens (including phenoxy) is 2. The molecule has 28 heavy (non-hydrogen) atoms. The summed E-state index contributed by atoms with van der Waals surface area (Å²) < 4.78 is 10.8. The van der Waals surface area contributed by atoms with Crippen molar-refractivity contribution in [3.63, 3.8) is 0 Å². The number of anilines is 1. The molecule has 8 nitrogen and oxygen atoms in total. The van der Waals surface area contributed by atoms with Gasteiger partial charge < -0.3 is 25.2 Å². The molecule has 1 aliphatic rings. The Morgan fingerprint density at radius 2 is 2.04 bits per heavy atom. The van der Waals surface area contributed by atoms with Crippen molar-refractivity contribution in [2.45, 2.75) is 46.6 Å². The lowest BCUT2D eigenvalue weighted by Crippen LogP contribution is -2.29. The second-order valence-electron chi connectivity index (χ2n) is 6.57. The van der Waals surface area contributed by atoms with Gasteiger partial charge in [-0.1, -0.05) is 11.6 Å². The van der Waals surface area contributed by atoms with E-state index in [0.717, 1.165) is 11.1 Å². The van der Waals surface area contributed by atoms with Gasteiger partial charge in [-0.3, -0.25) is 4.79 Å². The van der Waals surface area contributed by atoms with Crippen LogP contribution < -0.4 is 15.4 Å². The fourth-order valence-corrected chi connectivity index (χ4v) is 3.19. The monoisotopic (exact) mass is 390 g/mol. The fourth-order valence-electron chi connectivity index (χ4n) is 3.19. The van der Waals surface area contributed by atoms with Gasteiger partial charge in [-0.25, -0.2) is 9.59 Å². The van der Waals surface area contributed by atoms with Gasteiger partial charge in [0.25, 0.3) is 0 Å². The van der Waals surface area contributed by atoms with Crippen LogP contribution in [-0.2, 0) is 22.6 Å². The molecule has 0 radical (unpaired) electrons. The van der Waals surface area contributed by atoms with Gasteiger partial charge in [0.05, 0.1) is 18.4 Å². The van der Waals surface area contributed by atoms with E-state index < -0.39 is 18.0 Å². The summed E-state index contributed by atoms with van der Waals surface area (Å²) in [6.45, 7) is 6.06. The fraction of sp³-hybridized carbons (Fsp3) is 0.450. The van der Waals surface area contributed by atoms with Crippen molar-refractivity contribution >= 4 is 23.7 Å². The van der Waals surface area contributed by atoms with E-state index in [2.05, 4.69) is 10.6 Å². The minimum absolute atomic E-state index is 0.0407. The summed E-state index contributed by atoms with van der Waals surface area (Å²) in [7, 11) is 1.53. The maximum Gasteiger partial charge on any atom is 0.341 e. The summed E-state index contributed by atoms with van der Waals surface area (Å²) in [6.07, 6.45) is 2.72. The highest BCUT2D eigenvalue weighted by molar-refractivity contribution is 6.05. The van der Waals surface area contributed by atoms with Crippen molar-refractivity contribution in [2.24, 2.45) is 0 Å². The molecule has 0 spiro atoms. The van der Waals surface area contributed by atoms with Crippen molar-refractivity contribution in [1.82, 2.24) is 5.32 Å². The number of carboxylic acid groups (broad SMARTS) is 1. The van der Waals surface area contributed by atoms with Crippen LogP contribution in [0.4, 0.5) is 10.5 Å². The van der Waals surface area contributed by atoms with E-state index in [1.165, 1.54) is 7.11 Å². The molecule has 1 aromatic carbocycles. The Bertz CT molecular complexity index is 829. The number of fused-ring (bicyclic) bond motifs is 1. The van der Waals surface area contributed by atoms with Gasteiger partial charge in [0.2, 0.25) is 0 Å². The number of methoxy groups -OCH3 is 1. The number of carbonyl (C=O) groups excluding carboxylic acids is 2. The lowest BCUT2D eigenvalue weighted by molar-refractivity contribution is -0.136. The molecule has 152 valence electrons. The second-order valence-corrected chi connectivity index (χ2v) is 6.57. The summed E-state index contributed by atoms with van der Waals surface area (Å²) in [5.74, 6) is -0.772. The zero-order chi connectivity index (χ0) is 20.8. The number of nitrogens with one attached hydrogen (secondary N) is 2. The number of rotatable bonds is 8. The average Bonchev–Trinajstić information content (AvgIpc) is 3.03. The Hall–Kier alpha value is -3.03. The van der Waals surface area contributed by atoms with E-state index >= 15 is 0 Å². The van der Waals surface area contributed by atoms with Crippen LogP contribution in [0.3, 0.4) is 0 Å². The molecule has 0 aromatic heterocycles. The van der Waals surface area contributed by atoms with Crippen LogP contribution in [0.2, 0.25) is 0 Å². The molecule has 2 amide bonds. The van der Waals surface area contributed by atoms with Gasteiger partial charge in [0.15, 0.2) is 0 Å². The number of esters is 1. The number of amides is 2. The SMILES string of the molecule is CCNC(=O)Nc1c(C/C=C(\C)CCC(=O)O)c(OC)c(C)c2c1C(=O)OC2. The number of urea groups is 1. The van der Waals surface area contributed by atoms with Crippen LogP contribution in [0.25, 0.3) is 0 Å². The molecule has 0 saturated heterocycles. The molecule has 1 aliphatic heterocycles. The first-order valence-electron chi connectivity index (χ1n) is 9.11. The highest BCUT2D eigenvalue weighted by Crippen LogP contribution is 2.41. The topological polar surface area (TPSA) is 114 Å². The number of cyclic esters (lactones) is 1. The highest BCUT2D eigenvalue weighted by atomic mass is 16.5. The number of allylic oxidation sites excluding steroid dienone is 2. The molecular weight excluding hydrogens is 364 g/mol. The molecule has 1 aromatic rings. The quantitative estimate of drug-likeness (QED) is 0.464. The zero-order valence-electron chi connectivity index (χ0n) is 16.6. The maximum atomic E-state index is 12.3. The number of aliphatic carboxylic acids is 1. The summed E-state index contributed by atoms with van der Waals surface area (Å²) in [6, 6.07) is -0.428. The largest absolute Gasteiger partial charge is 0.496 e. The summed E-state index contributed by atoms with van der Waals surface area (Å²) in [5, 5.41) is 14.3. The van der Waals surface area contributed by atoms with Crippen molar-refractivity contribution in [2.75, 3.05) is 19.0 Å². The molecule has 3 N–H and O–H groups in total. The standard InChI is InChI=1S/C20H26N2O6/c1-5-21-20(26)22-17-13(8-6-11(2)7-9-15(23)24)18(27-4)12(3)14-10-28-19(25)16(14)17/h6H,5,7-10H2,1-4H3,(H,23,24)(H2,21,22,26)/b11-6+. The average molecular weight is 390 g/mol. The second kappa shape index (κ2) is 9.25. The number of carbonyl (C=O) groups is 3. The van der Waals surface area contributed by atoms with E-state index in [1.807, 2.05) is 19.9 Å². The van der Waals surface area contributed by atoms with Crippen LogP contribution in [-0.4, -0.2) is 36.7 Å². The lowest BCUT2D eigenvalue weighted by Gasteiger charge is -2.20. The van der Waals surface area contributed by atoms with Gasteiger partial charge >= 0.3 is 18.0 Å². The third-order valence-corrected chi connectivity index (χ3v) is 4.64. The molecule has 0 saturated carbocycles. The Kier molecular flexibility index (Phi) is 7.03. The van der Waals surface area contributed by atoms with Crippen molar-refractivity contribution < 1.29 is 29.0 Å². The summed E-state index contributed by atoms with van der Waals surface area (Å²) in [5.41, 5.74) is 3.75. The predicted molar refractivity (Wildman–Crippen MR) is 104 cm³/mol. The Balaban J connectivity index is 2.51.